The van der Waals surface area contributed by atoms with Crippen LogP contribution in [-0.4, -0.2) is 16.9 Å². The summed E-state index contributed by atoms with van der Waals surface area (Å²) in [6, 6.07) is 23.2. The van der Waals surface area contributed by atoms with Crippen molar-refractivity contribution in [1.29, 1.82) is 0 Å². The van der Waals surface area contributed by atoms with Crippen LogP contribution >= 0.6 is 0 Å². The molecule has 0 aliphatic carbocycles. The minimum atomic E-state index is -0.564. The van der Waals surface area contributed by atoms with Gasteiger partial charge in [0.1, 0.15) is 11.4 Å². The number of primary amides is 1. The number of aromatic hydroxyl groups is 1. The van der Waals surface area contributed by atoms with E-state index in [9.17, 15) is 14.7 Å². The number of rotatable bonds is 6. The maximum atomic E-state index is 12.6. The van der Waals surface area contributed by atoms with Crippen LogP contribution in [-0.2, 0) is 11.2 Å². The van der Waals surface area contributed by atoms with Crippen LogP contribution in [0.25, 0.3) is 10.8 Å². The van der Waals surface area contributed by atoms with Crippen molar-refractivity contribution in [2.75, 3.05) is 5.32 Å². The normalized spacial score (nSPS) is 11.1. The number of phenolic OH excluding ortho intramolecular Hbond substituents is 1. The molecular weight excluding hydrogens is 416 g/mol. The predicted octanol–water partition coefficient (Wildman–Crippen LogP) is 5.55. The molecule has 0 unspecified atom stereocenters. The molecule has 4 aromatic carbocycles. The van der Waals surface area contributed by atoms with Gasteiger partial charge < -0.3 is 16.2 Å². The summed E-state index contributed by atoms with van der Waals surface area (Å²) in [4.78, 5) is 24.1. The summed E-state index contributed by atoms with van der Waals surface area (Å²) in [5.41, 5.74) is 8.30. The Morgan fingerprint density at radius 3 is 2.42 bits per heavy atom. The molecule has 33 heavy (non-hydrogen) atoms. The molecule has 0 atom stereocenters. The number of carbonyl (C=O) groups excluding carboxylic acids is 2. The summed E-state index contributed by atoms with van der Waals surface area (Å²) in [7, 11) is 0. The third-order valence-electron chi connectivity index (χ3n) is 5.23. The summed E-state index contributed by atoms with van der Waals surface area (Å²) in [6.07, 6.45) is -0.0374. The van der Waals surface area contributed by atoms with Gasteiger partial charge in [-0.3, -0.25) is 9.59 Å². The standard InChI is InChI=1S/C26H22N4O3/c1-16-11-12-18(26(27)33)14-22(16)29-30-24-21-10-6-5-7-17(21)13-19(25(24)32)15-23(31)28-20-8-3-2-4-9-20/h2-14,32H,15H2,1H3,(H2,27,33)(H,28,31). The van der Waals surface area contributed by atoms with Gasteiger partial charge in [0.05, 0.1) is 12.1 Å². The number of phenols is 1. The van der Waals surface area contributed by atoms with Crippen molar-refractivity contribution in [2.24, 2.45) is 16.0 Å². The van der Waals surface area contributed by atoms with E-state index in [0.29, 0.717) is 27.9 Å². The zero-order chi connectivity index (χ0) is 23.4. The summed E-state index contributed by atoms with van der Waals surface area (Å²) in [5.74, 6) is -0.949. The van der Waals surface area contributed by atoms with Gasteiger partial charge in [0.25, 0.3) is 0 Å². The molecule has 4 rings (SSSR count). The first-order valence-electron chi connectivity index (χ1n) is 10.3. The lowest BCUT2D eigenvalue weighted by Gasteiger charge is -2.11. The number of nitrogens with one attached hydrogen (secondary N) is 1. The van der Waals surface area contributed by atoms with E-state index in [1.165, 1.54) is 0 Å². The molecule has 7 nitrogen and oxygen atoms in total. The Morgan fingerprint density at radius 2 is 1.67 bits per heavy atom. The molecule has 0 heterocycles. The molecule has 0 saturated heterocycles. The van der Waals surface area contributed by atoms with E-state index in [4.69, 9.17) is 5.73 Å². The highest BCUT2D eigenvalue weighted by atomic mass is 16.3. The molecule has 4 aromatic rings. The molecule has 0 aliphatic heterocycles. The quantitative estimate of drug-likeness (QED) is 0.343. The zero-order valence-corrected chi connectivity index (χ0v) is 17.9. The van der Waals surface area contributed by atoms with Crippen molar-refractivity contribution in [3.8, 4) is 5.75 Å². The van der Waals surface area contributed by atoms with Crippen molar-refractivity contribution < 1.29 is 14.7 Å². The van der Waals surface area contributed by atoms with E-state index in [1.807, 2.05) is 49.4 Å². The molecule has 0 bridgehead atoms. The lowest BCUT2D eigenvalue weighted by Crippen LogP contribution is -2.14. The first-order valence-corrected chi connectivity index (χ1v) is 10.3. The lowest BCUT2D eigenvalue weighted by molar-refractivity contribution is -0.115. The average molecular weight is 438 g/mol. The van der Waals surface area contributed by atoms with Crippen molar-refractivity contribution in [3.63, 3.8) is 0 Å². The summed E-state index contributed by atoms with van der Waals surface area (Å²) < 4.78 is 0. The monoisotopic (exact) mass is 438 g/mol. The second-order valence-electron chi connectivity index (χ2n) is 7.61. The fourth-order valence-electron chi connectivity index (χ4n) is 3.48. The van der Waals surface area contributed by atoms with Crippen LogP contribution < -0.4 is 11.1 Å². The molecule has 2 amide bonds. The largest absolute Gasteiger partial charge is 0.505 e. The number of nitrogens with zero attached hydrogens (tertiary/aromatic N) is 2. The number of aryl methyl sites for hydroxylation is 1. The van der Waals surface area contributed by atoms with Crippen LogP contribution in [0.3, 0.4) is 0 Å². The van der Waals surface area contributed by atoms with Crippen molar-refractivity contribution in [1.82, 2.24) is 0 Å². The van der Waals surface area contributed by atoms with E-state index in [-0.39, 0.29) is 23.8 Å². The topological polar surface area (TPSA) is 117 Å². The van der Waals surface area contributed by atoms with E-state index in [1.54, 1.807) is 36.4 Å². The molecule has 0 aliphatic rings. The van der Waals surface area contributed by atoms with Crippen molar-refractivity contribution in [2.45, 2.75) is 13.3 Å². The van der Waals surface area contributed by atoms with Crippen molar-refractivity contribution >= 4 is 39.6 Å². The second-order valence-corrected chi connectivity index (χ2v) is 7.61. The Hall–Kier alpha value is -4.52. The minimum Gasteiger partial charge on any atom is -0.505 e. The number of nitrogens with two attached hydrogens (primary N) is 1. The van der Waals surface area contributed by atoms with Gasteiger partial charge in [0.15, 0.2) is 0 Å². The molecule has 7 heteroatoms. The van der Waals surface area contributed by atoms with Gasteiger partial charge in [-0.2, -0.15) is 5.11 Å². The van der Waals surface area contributed by atoms with Crippen LogP contribution in [0.2, 0.25) is 0 Å². The van der Waals surface area contributed by atoms with Crippen LogP contribution in [0.15, 0.2) is 89.1 Å². The van der Waals surface area contributed by atoms with E-state index in [2.05, 4.69) is 15.5 Å². The van der Waals surface area contributed by atoms with Gasteiger partial charge in [-0.25, -0.2) is 0 Å². The fraction of sp³-hybridized carbons (Fsp3) is 0.0769. The van der Waals surface area contributed by atoms with Gasteiger partial charge in [-0.15, -0.1) is 5.11 Å². The number of amides is 2. The van der Waals surface area contributed by atoms with Crippen LogP contribution in [0.5, 0.6) is 5.75 Å². The number of hydrogen-bond acceptors (Lipinski definition) is 5. The number of fused-ring (bicyclic) bond motifs is 1. The maximum absolute atomic E-state index is 12.6. The lowest BCUT2D eigenvalue weighted by atomic mass is 10.0. The highest BCUT2D eigenvalue weighted by Gasteiger charge is 2.16. The Balaban J connectivity index is 1.71. The number of para-hydroxylation sites is 1. The highest BCUT2D eigenvalue weighted by molar-refractivity contribution is 5.99. The zero-order valence-electron chi connectivity index (χ0n) is 17.9. The molecule has 0 aromatic heterocycles. The minimum absolute atomic E-state index is 0.0374. The van der Waals surface area contributed by atoms with Crippen molar-refractivity contribution in [3.05, 3.63) is 95.6 Å². The molecule has 0 radical (unpaired) electrons. The third kappa shape index (κ3) is 4.88. The number of hydrogen-bond donors (Lipinski definition) is 3. The van der Waals surface area contributed by atoms with Crippen LogP contribution in [0.4, 0.5) is 17.1 Å². The SMILES string of the molecule is Cc1ccc(C(N)=O)cc1N=Nc1c(O)c(CC(=O)Nc2ccccc2)cc2ccccc12. The summed E-state index contributed by atoms with van der Waals surface area (Å²) >= 11 is 0. The smallest absolute Gasteiger partial charge is 0.248 e. The maximum Gasteiger partial charge on any atom is 0.248 e. The van der Waals surface area contributed by atoms with Gasteiger partial charge in [-0.1, -0.05) is 48.5 Å². The number of carbonyl (C=O) groups is 2. The molecule has 0 spiro atoms. The molecule has 164 valence electrons. The van der Waals surface area contributed by atoms with Gasteiger partial charge in [-0.05, 0) is 48.2 Å². The Labute approximate surface area is 190 Å². The fourth-order valence-corrected chi connectivity index (χ4v) is 3.48. The molecular formula is C26H22N4O3. The summed E-state index contributed by atoms with van der Waals surface area (Å²) in [6.45, 7) is 1.83. The molecule has 0 fully saturated rings. The molecule has 4 N–H and O–H groups in total. The summed E-state index contributed by atoms with van der Waals surface area (Å²) in [5, 5.41) is 23.9. The Morgan fingerprint density at radius 1 is 0.939 bits per heavy atom. The van der Waals surface area contributed by atoms with Gasteiger partial charge in [0, 0.05) is 22.2 Å². The highest BCUT2D eigenvalue weighted by Crippen LogP contribution is 2.40. The van der Waals surface area contributed by atoms with Gasteiger partial charge >= 0.3 is 0 Å². The van der Waals surface area contributed by atoms with E-state index in [0.717, 1.165) is 10.9 Å². The van der Waals surface area contributed by atoms with Crippen LogP contribution in [0, 0.1) is 6.92 Å². The van der Waals surface area contributed by atoms with E-state index < -0.39 is 5.91 Å². The van der Waals surface area contributed by atoms with Gasteiger partial charge in [0.2, 0.25) is 11.8 Å². The number of azo groups is 1. The third-order valence-corrected chi connectivity index (χ3v) is 5.23. The van der Waals surface area contributed by atoms with E-state index >= 15 is 0 Å². The number of anilines is 1. The number of benzene rings is 4. The Bertz CT molecular complexity index is 1380. The first kappa shape index (κ1) is 21.7. The molecule has 0 saturated carbocycles. The predicted molar refractivity (Wildman–Crippen MR) is 128 cm³/mol. The average Bonchev–Trinajstić information content (AvgIpc) is 2.80. The van der Waals surface area contributed by atoms with Crippen LogP contribution in [0.1, 0.15) is 21.5 Å². The first-order chi connectivity index (χ1) is 15.9. The Kier molecular flexibility index (Phi) is 6.13. The second kappa shape index (κ2) is 9.32.